The minimum absolute atomic E-state index is 0.00777. The minimum Gasteiger partial charge on any atom is -0.507 e. The number of phenols is 1. The largest absolute Gasteiger partial charge is 0.507 e. The van der Waals surface area contributed by atoms with Crippen molar-refractivity contribution in [3.63, 3.8) is 0 Å². The summed E-state index contributed by atoms with van der Waals surface area (Å²) in [4.78, 5) is 13.4. The van der Waals surface area contributed by atoms with Gasteiger partial charge in [0.25, 0.3) is 0 Å². The first-order chi connectivity index (χ1) is 7.00. The molecule has 0 aliphatic heterocycles. The molecular weight excluding hydrogens is 258 g/mol. The van der Waals surface area contributed by atoms with E-state index in [-0.39, 0.29) is 11.5 Å². The second kappa shape index (κ2) is 4.98. The molecule has 1 N–H and O–H groups in total. The van der Waals surface area contributed by atoms with Gasteiger partial charge < -0.3 is 10.0 Å². The molecule has 0 saturated carbocycles. The van der Waals surface area contributed by atoms with E-state index >= 15 is 0 Å². The van der Waals surface area contributed by atoms with E-state index in [4.69, 9.17) is 0 Å². The summed E-state index contributed by atoms with van der Waals surface area (Å²) in [6, 6.07) is 4.76. The van der Waals surface area contributed by atoms with Crippen molar-refractivity contribution in [1.29, 1.82) is 0 Å². The maximum absolute atomic E-state index is 11.6. The first kappa shape index (κ1) is 11.8. The predicted molar refractivity (Wildman–Crippen MR) is 63.0 cm³/mol. The summed E-state index contributed by atoms with van der Waals surface area (Å²) in [7, 11) is 3.65. The fourth-order valence-corrected chi connectivity index (χ4v) is 1.37. The molecule has 0 spiro atoms. The van der Waals surface area contributed by atoms with Crippen molar-refractivity contribution in [2.45, 2.75) is 0 Å². The lowest BCUT2D eigenvalue weighted by Crippen LogP contribution is -2.03. The standard InChI is InChI=1S/C11H12BrNO2/c1-13(2)6-5-11(15)9-7-8(12)3-4-10(9)14/h3-7,14H,1-2H3. The van der Waals surface area contributed by atoms with Gasteiger partial charge in [0, 0.05) is 30.8 Å². The first-order valence-corrected chi connectivity index (χ1v) is 5.17. The summed E-state index contributed by atoms with van der Waals surface area (Å²) in [5, 5.41) is 9.48. The van der Waals surface area contributed by atoms with Gasteiger partial charge in [-0.15, -0.1) is 0 Å². The fraction of sp³-hybridized carbons (Fsp3) is 0.182. The normalized spacial score (nSPS) is 10.6. The third-order valence-electron chi connectivity index (χ3n) is 1.75. The molecule has 4 heteroatoms. The zero-order chi connectivity index (χ0) is 11.4. The van der Waals surface area contributed by atoms with Gasteiger partial charge in [-0.25, -0.2) is 0 Å². The van der Waals surface area contributed by atoms with Gasteiger partial charge in [-0.2, -0.15) is 0 Å². The second-order valence-corrected chi connectivity index (χ2v) is 4.22. The number of rotatable bonds is 3. The molecule has 1 aromatic carbocycles. The molecule has 0 atom stereocenters. The highest BCUT2D eigenvalue weighted by Crippen LogP contribution is 2.22. The summed E-state index contributed by atoms with van der Waals surface area (Å²) in [5.41, 5.74) is 0.294. The zero-order valence-electron chi connectivity index (χ0n) is 8.57. The summed E-state index contributed by atoms with van der Waals surface area (Å²) in [6.45, 7) is 0. The van der Waals surface area contributed by atoms with Crippen LogP contribution in [0.4, 0.5) is 0 Å². The first-order valence-electron chi connectivity index (χ1n) is 4.38. The van der Waals surface area contributed by atoms with Crippen LogP contribution in [-0.2, 0) is 0 Å². The van der Waals surface area contributed by atoms with Gasteiger partial charge in [0.05, 0.1) is 5.56 Å². The smallest absolute Gasteiger partial charge is 0.191 e. The van der Waals surface area contributed by atoms with Gasteiger partial charge in [-0.1, -0.05) is 15.9 Å². The van der Waals surface area contributed by atoms with E-state index in [1.165, 1.54) is 12.1 Å². The summed E-state index contributed by atoms with van der Waals surface area (Å²) in [5.74, 6) is -0.228. The lowest BCUT2D eigenvalue weighted by atomic mass is 10.1. The Kier molecular flexibility index (Phi) is 3.91. The van der Waals surface area contributed by atoms with E-state index in [0.29, 0.717) is 5.56 Å². The number of carbonyl (C=O) groups excluding carboxylic acids is 1. The number of hydrogen-bond acceptors (Lipinski definition) is 3. The highest BCUT2D eigenvalue weighted by atomic mass is 79.9. The van der Waals surface area contributed by atoms with Crippen molar-refractivity contribution < 1.29 is 9.90 Å². The molecule has 1 rings (SSSR count). The van der Waals surface area contributed by atoms with E-state index in [1.807, 2.05) is 14.1 Å². The molecule has 0 aliphatic rings. The van der Waals surface area contributed by atoms with Crippen LogP contribution in [-0.4, -0.2) is 29.9 Å². The average Bonchev–Trinajstić information content (AvgIpc) is 2.18. The number of carbonyl (C=O) groups is 1. The molecule has 15 heavy (non-hydrogen) atoms. The van der Waals surface area contributed by atoms with Crippen molar-refractivity contribution in [3.05, 3.63) is 40.5 Å². The molecule has 0 amide bonds. The summed E-state index contributed by atoms with van der Waals surface area (Å²) in [6.07, 6.45) is 3.06. The Labute approximate surface area is 97.1 Å². The molecule has 0 saturated heterocycles. The van der Waals surface area contributed by atoms with E-state index in [1.54, 1.807) is 23.2 Å². The van der Waals surface area contributed by atoms with E-state index in [0.717, 1.165) is 4.47 Å². The second-order valence-electron chi connectivity index (χ2n) is 3.31. The third-order valence-corrected chi connectivity index (χ3v) is 2.24. The van der Waals surface area contributed by atoms with E-state index in [2.05, 4.69) is 15.9 Å². The number of hydrogen-bond donors (Lipinski definition) is 1. The summed E-state index contributed by atoms with van der Waals surface area (Å²) >= 11 is 3.25. The molecule has 0 heterocycles. The molecule has 80 valence electrons. The van der Waals surface area contributed by atoms with Gasteiger partial charge in [-0.3, -0.25) is 4.79 Å². The Balaban J connectivity index is 2.96. The van der Waals surface area contributed by atoms with E-state index in [9.17, 15) is 9.90 Å². The molecule has 0 aromatic heterocycles. The van der Waals surface area contributed by atoms with Gasteiger partial charge in [0.1, 0.15) is 5.75 Å². The molecule has 0 unspecified atom stereocenters. The van der Waals surface area contributed by atoms with Crippen LogP contribution in [0.1, 0.15) is 10.4 Å². The molecule has 0 bridgehead atoms. The van der Waals surface area contributed by atoms with Crippen LogP contribution >= 0.6 is 15.9 Å². The highest BCUT2D eigenvalue weighted by molar-refractivity contribution is 9.10. The van der Waals surface area contributed by atoms with Crippen molar-refractivity contribution in [3.8, 4) is 5.75 Å². The maximum Gasteiger partial charge on any atom is 0.191 e. The topological polar surface area (TPSA) is 40.5 Å². The Morgan fingerprint density at radius 1 is 1.47 bits per heavy atom. The number of phenolic OH excluding ortho intramolecular Hbond substituents is 1. The Morgan fingerprint density at radius 3 is 2.73 bits per heavy atom. The molecule has 1 aromatic rings. The van der Waals surface area contributed by atoms with Crippen LogP contribution in [0, 0.1) is 0 Å². The van der Waals surface area contributed by atoms with Gasteiger partial charge in [0.2, 0.25) is 0 Å². The Hall–Kier alpha value is -1.29. The molecule has 3 nitrogen and oxygen atoms in total. The average molecular weight is 270 g/mol. The fourth-order valence-electron chi connectivity index (χ4n) is 1.01. The van der Waals surface area contributed by atoms with Crippen LogP contribution in [0.2, 0.25) is 0 Å². The van der Waals surface area contributed by atoms with Crippen LogP contribution in [0.25, 0.3) is 0 Å². The number of halogens is 1. The van der Waals surface area contributed by atoms with Crippen LogP contribution in [0.3, 0.4) is 0 Å². The Morgan fingerprint density at radius 2 is 2.13 bits per heavy atom. The van der Waals surface area contributed by atoms with Crippen LogP contribution < -0.4 is 0 Å². The summed E-state index contributed by atoms with van der Waals surface area (Å²) < 4.78 is 0.766. The van der Waals surface area contributed by atoms with Crippen molar-refractivity contribution in [1.82, 2.24) is 4.90 Å². The third kappa shape index (κ3) is 3.40. The molecule has 0 fully saturated rings. The predicted octanol–water partition coefficient (Wildman–Crippen LogP) is 2.41. The zero-order valence-corrected chi connectivity index (χ0v) is 10.2. The molecule has 0 aliphatic carbocycles. The van der Waals surface area contributed by atoms with Crippen LogP contribution in [0.15, 0.2) is 34.9 Å². The maximum atomic E-state index is 11.6. The number of aromatic hydroxyl groups is 1. The van der Waals surface area contributed by atoms with Gasteiger partial charge in [-0.05, 0) is 18.2 Å². The van der Waals surface area contributed by atoms with Crippen LogP contribution in [0.5, 0.6) is 5.75 Å². The van der Waals surface area contributed by atoms with Gasteiger partial charge >= 0.3 is 0 Å². The molecular formula is C11H12BrNO2. The SMILES string of the molecule is CN(C)C=CC(=O)c1cc(Br)ccc1O. The van der Waals surface area contributed by atoms with Crippen molar-refractivity contribution in [2.75, 3.05) is 14.1 Å². The number of nitrogens with zero attached hydrogens (tertiary/aromatic N) is 1. The number of allylic oxidation sites excluding steroid dienone is 1. The van der Waals surface area contributed by atoms with Crippen molar-refractivity contribution >= 4 is 21.7 Å². The van der Waals surface area contributed by atoms with Gasteiger partial charge in [0.15, 0.2) is 5.78 Å². The highest BCUT2D eigenvalue weighted by Gasteiger charge is 2.08. The minimum atomic E-state index is -0.220. The van der Waals surface area contributed by atoms with E-state index < -0.39 is 0 Å². The monoisotopic (exact) mass is 269 g/mol. The lowest BCUT2D eigenvalue weighted by molar-refractivity contribution is 0.104. The Bertz CT molecular complexity index is 400. The molecule has 0 radical (unpaired) electrons. The van der Waals surface area contributed by atoms with Crippen molar-refractivity contribution in [2.24, 2.45) is 0 Å². The lowest BCUT2D eigenvalue weighted by Gasteiger charge is -2.04. The quantitative estimate of drug-likeness (QED) is 0.677. The number of ketones is 1. The number of benzene rings is 1.